The molecule has 2 aromatic rings. The van der Waals surface area contributed by atoms with Gasteiger partial charge < -0.3 is 15.5 Å². The lowest BCUT2D eigenvalue weighted by atomic mass is 10.1. The van der Waals surface area contributed by atoms with Crippen LogP contribution in [0.2, 0.25) is 0 Å². The predicted octanol–water partition coefficient (Wildman–Crippen LogP) is 2.41. The minimum Gasteiger partial charge on any atom is -0.371 e. The van der Waals surface area contributed by atoms with Crippen molar-refractivity contribution in [1.82, 2.24) is 5.32 Å². The molecule has 2 aromatic carbocycles. The maximum Gasteiger partial charge on any atom is 0.313 e. The molecule has 0 aliphatic carbocycles. The molecule has 130 valence electrons. The Hall–Kier alpha value is -2.89. The molecule has 1 aliphatic rings. The van der Waals surface area contributed by atoms with E-state index in [4.69, 9.17) is 0 Å². The number of benzene rings is 2. The number of rotatable bonds is 4. The van der Waals surface area contributed by atoms with E-state index in [2.05, 4.69) is 27.7 Å². The number of anilines is 2. The first-order valence-corrected chi connectivity index (χ1v) is 8.26. The summed E-state index contributed by atoms with van der Waals surface area (Å²) in [6, 6.07) is 15.4. The molecule has 3 rings (SSSR count). The van der Waals surface area contributed by atoms with Crippen molar-refractivity contribution in [1.29, 1.82) is 0 Å². The van der Waals surface area contributed by atoms with Crippen LogP contribution in [-0.4, -0.2) is 31.4 Å². The third-order valence-corrected chi connectivity index (χ3v) is 4.27. The van der Waals surface area contributed by atoms with Gasteiger partial charge in [0.05, 0.1) is 0 Å². The van der Waals surface area contributed by atoms with Gasteiger partial charge in [-0.25, -0.2) is 4.39 Å². The Bertz CT molecular complexity index is 734. The second kappa shape index (κ2) is 7.79. The molecule has 2 N–H and O–H groups in total. The molecule has 0 radical (unpaired) electrons. The highest BCUT2D eigenvalue weighted by Gasteiger charge is 2.24. The molecule has 0 aromatic heterocycles. The van der Waals surface area contributed by atoms with Gasteiger partial charge in [0.2, 0.25) is 0 Å². The van der Waals surface area contributed by atoms with E-state index < -0.39 is 17.6 Å². The molecule has 1 heterocycles. The number of nitrogens with one attached hydrogen (secondary N) is 2. The van der Waals surface area contributed by atoms with Crippen LogP contribution in [0.3, 0.4) is 0 Å². The molecule has 1 unspecified atom stereocenters. The van der Waals surface area contributed by atoms with Crippen molar-refractivity contribution in [3.63, 3.8) is 0 Å². The van der Waals surface area contributed by atoms with Crippen molar-refractivity contribution in [3.05, 3.63) is 60.4 Å². The highest BCUT2D eigenvalue weighted by atomic mass is 19.1. The predicted molar refractivity (Wildman–Crippen MR) is 94.8 cm³/mol. The summed E-state index contributed by atoms with van der Waals surface area (Å²) < 4.78 is 12.8. The quantitative estimate of drug-likeness (QED) is 0.840. The molecule has 25 heavy (non-hydrogen) atoms. The molecule has 6 heteroatoms. The summed E-state index contributed by atoms with van der Waals surface area (Å²) in [5, 5.41) is 5.13. The first-order chi connectivity index (χ1) is 12.1. The standard InChI is InChI=1S/C19H20FN3O2/c20-15-6-8-16(9-7-15)22-19(25)18(24)21-12-14-10-11-23(13-14)17-4-2-1-3-5-17/h1-9,14H,10-13H2,(H,21,24)(H,22,25). The fraction of sp³-hybridized carbons (Fsp3) is 0.263. The summed E-state index contributed by atoms with van der Waals surface area (Å²) in [4.78, 5) is 26.0. The lowest BCUT2D eigenvalue weighted by Crippen LogP contribution is -2.38. The van der Waals surface area contributed by atoms with E-state index in [-0.39, 0.29) is 0 Å². The average Bonchev–Trinajstić information content (AvgIpc) is 3.11. The Morgan fingerprint density at radius 2 is 1.76 bits per heavy atom. The molecule has 1 saturated heterocycles. The Labute approximate surface area is 145 Å². The van der Waals surface area contributed by atoms with E-state index in [9.17, 15) is 14.0 Å². The van der Waals surface area contributed by atoms with Crippen molar-refractivity contribution in [2.24, 2.45) is 5.92 Å². The summed E-state index contributed by atoms with van der Waals surface area (Å²) in [5.74, 6) is -1.51. The number of carbonyl (C=O) groups is 2. The van der Waals surface area contributed by atoms with E-state index in [1.807, 2.05) is 18.2 Å². The van der Waals surface area contributed by atoms with Gasteiger partial charge in [-0.2, -0.15) is 0 Å². The molecule has 1 aliphatic heterocycles. The maximum absolute atomic E-state index is 12.8. The van der Waals surface area contributed by atoms with Crippen LogP contribution in [0.1, 0.15) is 6.42 Å². The highest BCUT2D eigenvalue weighted by Crippen LogP contribution is 2.22. The molecule has 0 bridgehead atoms. The third kappa shape index (κ3) is 4.56. The fourth-order valence-corrected chi connectivity index (χ4v) is 2.91. The number of nitrogens with zero attached hydrogens (tertiary/aromatic N) is 1. The van der Waals surface area contributed by atoms with Gasteiger partial charge in [0.25, 0.3) is 0 Å². The summed E-state index contributed by atoms with van der Waals surface area (Å²) in [6.07, 6.45) is 0.967. The molecular weight excluding hydrogens is 321 g/mol. The van der Waals surface area contributed by atoms with Gasteiger partial charge >= 0.3 is 11.8 Å². The van der Waals surface area contributed by atoms with Crippen molar-refractivity contribution in [2.45, 2.75) is 6.42 Å². The third-order valence-electron chi connectivity index (χ3n) is 4.27. The number of hydrogen-bond donors (Lipinski definition) is 2. The lowest BCUT2D eigenvalue weighted by molar-refractivity contribution is -0.136. The Balaban J connectivity index is 1.44. The number of amides is 2. The topological polar surface area (TPSA) is 61.4 Å². The van der Waals surface area contributed by atoms with Gasteiger partial charge in [-0.15, -0.1) is 0 Å². The minimum atomic E-state index is -0.746. The normalized spacial score (nSPS) is 16.5. The Kier molecular flexibility index (Phi) is 5.28. The average molecular weight is 341 g/mol. The van der Waals surface area contributed by atoms with Gasteiger partial charge in [0.15, 0.2) is 0 Å². The van der Waals surface area contributed by atoms with E-state index in [1.54, 1.807) is 0 Å². The van der Waals surface area contributed by atoms with Crippen molar-refractivity contribution in [2.75, 3.05) is 29.9 Å². The Morgan fingerprint density at radius 3 is 2.48 bits per heavy atom. The summed E-state index contributed by atoms with van der Waals surface area (Å²) >= 11 is 0. The molecule has 0 spiro atoms. The van der Waals surface area contributed by atoms with Gasteiger partial charge in [-0.3, -0.25) is 9.59 Å². The van der Waals surface area contributed by atoms with Crippen molar-refractivity contribution >= 4 is 23.2 Å². The fourth-order valence-electron chi connectivity index (χ4n) is 2.91. The van der Waals surface area contributed by atoms with Crippen LogP contribution in [0.25, 0.3) is 0 Å². The lowest BCUT2D eigenvalue weighted by Gasteiger charge is -2.18. The zero-order chi connectivity index (χ0) is 17.6. The molecule has 0 saturated carbocycles. The van der Waals surface area contributed by atoms with E-state index in [0.717, 1.165) is 19.5 Å². The second-order valence-corrected chi connectivity index (χ2v) is 6.11. The summed E-state index contributed by atoms with van der Waals surface area (Å²) in [5.41, 5.74) is 1.56. The molecular formula is C19H20FN3O2. The summed E-state index contributed by atoms with van der Waals surface area (Å²) in [7, 11) is 0. The van der Waals surface area contributed by atoms with E-state index >= 15 is 0 Å². The summed E-state index contributed by atoms with van der Waals surface area (Å²) in [6.45, 7) is 2.25. The zero-order valence-electron chi connectivity index (χ0n) is 13.7. The van der Waals surface area contributed by atoms with Crippen LogP contribution in [0.5, 0.6) is 0 Å². The molecule has 1 atom stereocenters. The second-order valence-electron chi connectivity index (χ2n) is 6.11. The number of para-hydroxylation sites is 1. The van der Waals surface area contributed by atoms with Crippen molar-refractivity contribution in [3.8, 4) is 0 Å². The van der Waals surface area contributed by atoms with Crippen LogP contribution in [-0.2, 0) is 9.59 Å². The van der Waals surface area contributed by atoms with Gasteiger partial charge in [-0.05, 0) is 48.7 Å². The number of halogens is 1. The number of carbonyl (C=O) groups excluding carboxylic acids is 2. The van der Waals surface area contributed by atoms with Crippen LogP contribution in [0.15, 0.2) is 54.6 Å². The Morgan fingerprint density at radius 1 is 1.04 bits per heavy atom. The van der Waals surface area contributed by atoms with E-state index in [1.165, 1.54) is 30.0 Å². The minimum absolute atomic E-state index is 0.308. The monoisotopic (exact) mass is 341 g/mol. The van der Waals surface area contributed by atoms with Gasteiger partial charge in [0, 0.05) is 31.0 Å². The van der Waals surface area contributed by atoms with Crippen LogP contribution in [0, 0.1) is 11.7 Å². The maximum atomic E-state index is 12.8. The highest BCUT2D eigenvalue weighted by molar-refractivity contribution is 6.39. The van der Waals surface area contributed by atoms with Gasteiger partial charge in [-0.1, -0.05) is 18.2 Å². The molecule has 1 fully saturated rings. The largest absolute Gasteiger partial charge is 0.371 e. The van der Waals surface area contributed by atoms with E-state index in [0.29, 0.717) is 18.2 Å². The first-order valence-electron chi connectivity index (χ1n) is 8.26. The smallest absolute Gasteiger partial charge is 0.313 e. The molecule has 5 nitrogen and oxygen atoms in total. The number of hydrogen-bond acceptors (Lipinski definition) is 3. The van der Waals surface area contributed by atoms with Crippen LogP contribution in [0.4, 0.5) is 15.8 Å². The van der Waals surface area contributed by atoms with Crippen LogP contribution >= 0.6 is 0 Å². The first kappa shape index (κ1) is 17.0. The van der Waals surface area contributed by atoms with Crippen LogP contribution < -0.4 is 15.5 Å². The van der Waals surface area contributed by atoms with Crippen molar-refractivity contribution < 1.29 is 14.0 Å². The molecule has 2 amide bonds. The SMILES string of the molecule is O=C(NCC1CCN(c2ccccc2)C1)C(=O)Nc1ccc(F)cc1. The zero-order valence-corrected chi connectivity index (χ0v) is 13.7. The van der Waals surface area contributed by atoms with Gasteiger partial charge in [0.1, 0.15) is 5.82 Å².